The summed E-state index contributed by atoms with van der Waals surface area (Å²) >= 11 is 0. The van der Waals surface area contributed by atoms with E-state index in [-0.39, 0.29) is 36.4 Å². The lowest BCUT2D eigenvalue weighted by atomic mass is 9.94. The minimum atomic E-state index is -4.73. The molecule has 120 valence electrons. The van der Waals surface area contributed by atoms with Crippen molar-refractivity contribution in [1.82, 2.24) is 0 Å². The first-order valence-corrected chi connectivity index (χ1v) is 6.97. The second-order valence-corrected chi connectivity index (χ2v) is 5.41. The van der Waals surface area contributed by atoms with Crippen molar-refractivity contribution >= 4 is 5.78 Å². The number of halogens is 3. The van der Waals surface area contributed by atoms with Crippen LogP contribution in [0, 0.1) is 11.8 Å². The van der Waals surface area contributed by atoms with Gasteiger partial charge in [0.2, 0.25) is 0 Å². The third kappa shape index (κ3) is 6.33. The monoisotopic (exact) mass is 306 g/mol. The first kappa shape index (κ1) is 17.8. The number of ether oxygens (including phenoxy) is 2. The molecular weight excluding hydrogens is 285 g/mol. The van der Waals surface area contributed by atoms with Crippen molar-refractivity contribution in [3.8, 4) is 0 Å². The third-order valence-corrected chi connectivity index (χ3v) is 3.47. The fourth-order valence-corrected chi connectivity index (χ4v) is 1.83. The van der Waals surface area contributed by atoms with Crippen LogP contribution in [0.15, 0.2) is 24.0 Å². The summed E-state index contributed by atoms with van der Waals surface area (Å²) in [5.74, 6) is -0.129. The summed E-state index contributed by atoms with van der Waals surface area (Å²) in [6.45, 7) is 5.36. The first-order valence-electron chi connectivity index (χ1n) is 6.97. The van der Waals surface area contributed by atoms with Crippen LogP contribution in [0.1, 0.15) is 33.6 Å². The van der Waals surface area contributed by atoms with Crippen molar-refractivity contribution in [2.24, 2.45) is 11.8 Å². The van der Waals surface area contributed by atoms with Gasteiger partial charge < -0.3 is 4.74 Å². The normalized spacial score (nSPS) is 20.9. The number of allylic oxidation sites excluding steroid dienone is 3. The van der Waals surface area contributed by atoms with Crippen LogP contribution < -0.4 is 0 Å². The largest absolute Gasteiger partial charge is 0.523 e. The van der Waals surface area contributed by atoms with E-state index in [1.807, 2.05) is 13.8 Å². The Morgan fingerprint density at radius 1 is 1.38 bits per heavy atom. The zero-order valence-electron chi connectivity index (χ0n) is 12.4. The molecule has 0 saturated carbocycles. The third-order valence-electron chi connectivity index (χ3n) is 3.47. The van der Waals surface area contributed by atoms with E-state index in [4.69, 9.17) is 4.74 Å². The molecule has 0 N–H and O–H groups in total. The van der Waals surface area contributed by atoms with E-state index in [9.17, 15) is 18.0 Å². The molecule has 0 aliphatic heterocycles. The topological polar surface area (TPSA) is 35.5 Å². The summed E-state index contributed by atoms with van der Waals surface area (Å²) in [7, 11) is 0. The number of Topliss-reactive ketones (excluding diaryl/α,β-unsaturated/α-hetero) is 1. The van der Waals surface area contributed by atoms with Gasteiger partial charge in [-0.15, -0.1) is 13.2 Å². The highest BCUT2D eigenvalue weighted by molar-refractivity contribution is 5.82. The Balaban J connectivity index is 2.66. The van der Waals surface area contributed by atoms with Crippen LogP contribution in [-0.2, 0) is 14.3 Å². The molecule has 0 fully saturated rings. The van der Waals surface area contributed by atoms with E-state index in [0.29, 0.717) is 6.42 Å². The molecular formula is C15H21F3O3. The van der Waals surface area contributed by atoms with E-state index >= 15 is 0 Å². The maximum Gasteiger partial charge on any atom is 0.523 e. The zero-order valence-corrected chi connectivity index (χ0v) is 12.4. The molecule has 1 aliphatic carbocycles. The maximum absolute atomic E-state index is 12.4. The number of alkyl halides is 3. The molecule has 0 bridgehead atoms. The van der Waals surface area contributed by atoms with Crippen LogP contribution >= 0.6 is 0 Å². The summed E-state index contributed by atoms with van der Waals surface area (Å²) in [6, 6.07) is 0. The van der Waals surface area contributed by atoms with Crippen LogP contribution in [-0.4, -0.2) is 24.9 Å². The van der Waals surface area contributed by atoms with E-state index in [2.05, 4.69) is 4.74 Å². The molecule has 0 heterocycles. The quantitative estimate of drug-likeness (QED) is 0.744. The Bertz CT molecular complexity index is 411. The molecule has 0 saturated heterocycles. The summed E-state index contributed by atoms with van der Waals surface area (Å²) in [5, 5.41) is 0. The number of hydrogen-bond acceptors (Lipinski definition) is 3. The minimum absolute atomic E-state index is 0.0466. The lowest BCUT2D eigenvalue weighted by molar-refractivity contribution is -0.341. The van der Waals surface area contributed by atoms with Crippen molar-refractivity contribution in [2.75, 3.05) is 6.61 Å². The van der Waals surface area contributed by atoms with E-state index in [1.54, 1.807) is 19.1 Å². The molecule has 0 spiro atoms. The van der Waals surface area contributed by atoms with Crippen LogP contribution in [0.2, 0.25) is 0 Å². The number of rotatable bonds is 6. The highest BCUT2D eigenvalue weighted by atomic mass is 19.4. The van der Waals surface area contributed by atoms with Crippen molar-refractivity contribution in [3.05, 3.63) is 24.0 Å². The van der Waals surface area contributed by atoms with Gasteiger partial charge in [0, 0.05) is 5.92 Å². The molecule has 2 unspecified atom stereocenters. The highest BCUT2D eigenvalue weighted by Crippen LogP contribution is 2.27. The Hall–Kier alpha value is -1.30. The van der Waals surface area contributed by atoms with Crippen molar-refractivity contribution in [3.63, 3.8) is 0 Å². The molecule has 0 radical (unpaired) electrons. The van der Waals surface area contributed by atoms with Crippen molar-refractivity contribution in [2.45, 2.75) is 46.1 Å². The summed E-state index contributed by atoms with van der Waals surface area (Å²) in [5.41, 5.74) is 0. The summed E-state index contributed by atoms with van der Waals surface area (Å²) in [4.78, 5) is 11.9. The standard InChI is InChI=1S/C15H21F3O3/c1-10(2)11(3)12(19)9-20-13-7-5-4-6-8-14(13)21-15(16,17)18/h4-5,7,10-11,14H,6,8-9H2,1-3H3. The number of hydrogen-bond donors (Lipinski definition) is 0. The van der Waals surface area contributed by atoms with Gasteiger partial charge in [-0.3, -0.25) is 9.53 Å². The van der Waals surface area contributed by atoms with Gasteiger partial charge in [-0.2, -0.15) is 0 Å². The van der Waals surface area contributed by atoms with Crippen molar-refractivity contribution in [1.29, 1.82) is 0 Å². The summed E-state index contributed by atoms with van der Waals surface area (Å²) < 4.78 is 46.5. The van der Waals surface area contributed by atoms with Gasteiger partial charge in [0.25, 0.3) is 0 Å². The molecule has 0 aromatic carbocycles. The average Bonchev–Trinajstić information content (AvgIpc) is 2.58. The van der Waals surface area contributed by atoms with Gasteiger partial charge in [-0.25, -0.2) is 0 Å². The van der Waals surface area contributed by atoms with Gasteiger partial charge >= 0.3 is 6.36 Å². The average molecular weight is 306 g/mol. The van der Waals surface area contributed by atoms with E-state index in [1.165, 1.54) is 6.08 Å². The molecule has 2 atom stereocenters. The van der Waals surface area contributed by atoms with E-state index in [0.717, 1.165) is 0 Å². The second-order valence-electron chi connectivity index (χ2n) is 5.41. The van der Waals surface area contributed by atoms with Crippen molar-refractivity contribution < 1.29 is 27.4 Å². The maximum atomic E-state index is 12.4. The van der Waals surface area contributed by atoms with Gasteiger partial charge in [-0.1, -0.05) is 32.9 Å². The fourth-order valence-electron chi connectivity index (χ4n) is 1.83. The first-order chi connectivity index (χ1) is 9.70. The molecule has 6 heteroatoms. The van der Waals surface area contributed by atoms with Crippen LogP contribution in [0.5, 0.6) is 0 Å². The lowest BCUT2D eigenvalue weighted by Gasteiger charge is -2.22. The lowest BCUT2D eigenvalue weighted by Crippen LogP contribution is -2.28. The minimum Gasteiger partial charge on any atom is -0.487 e. The van der Waals surface area contributed by atoms with Crippen LogP contribution in [0.4, 0.5) is 13.2 Å². The molecule has 0 aromatic heterocycles. The predicted molar refractivity (Wildman–Crippen MR) is 72.3 cm³/mol. The van der Waals surface area contributed by atoms with Crippen LogP contribution in [0.3, 0.4) is 0 Å². The van der Waals surface area contributed by atoms with Crippen LogP contribution in [0.25, 0.3) is 0 Å². The Morgan fingerprint density at radius 3 is 2.62 bits per heavy atom. The van der Waals surface area contributed by atoms with Gasteiger partial charge in [0.05, 0.1) is 0 Å². The molecule has 0 amide bonds. The molecule has 1 aliphatic rings. The Morgan fingerprint density at radius 2 is 2.05 bits per heavy atom. The Labute approximate surface area is 122 Å². The smallest absolute Gasteiger partial charge is 0.487 e. The highest BCUT2D eigenvalue weighted by Gasteiger charge is 2.36. The summed E-state index contributed by atoms with van der Waals surface area (Å²) in [6.07, 6.45) is -0.533. The Kier molecular flexibility index (Phi) is 6.45. The predicted octanol–water partition coefficient (Wildman–Crippen LogP) is 4.00. The van der Waals surface area contributed by atoms with Gasteiger partial charge in [-0.05, 0) is 24.8 Å². The molecule has 0 aromatic rings. The SMILES string of the molecule is CC(C)C(C)C(=O)COC1=CC=CCCC1OC(F)(F)F. The molecule has 21 heavy (non-hydrogen) atoms. The zero-order chi connectivity index (χ0) is 16.0. The number of ketones is 1. The molecule has 1 rings (SSSR count). The van der Waals surface area contributed by atoms with Gasteiger partial charge in [0.15, 0.2) is 5.78 Å². The van der Waals surface area contributed by atoms with Gasteiger partial charge in [0.1, 0.15) is 18.5 Å². The number of carbonyl (C=O) groups excluding carboxylic acids is 1. The number of carbonyl (C=O) groups is 1. The second kappa shape index (κ2) is 7.64. The van der Waals surface area contributed by atoms with E-state index < -0.39 is 12.5 Å². The molecule has 3 nitrogen and oxygen atoms in total. The fraction of sp³-hybridized carbons (Fsp3) is 0.667.